The molecule has 2 N–H and O–H groups in total. The first-order valence-electron chi connectivity index (χ1n) is 5.71. The number of benzene rings is 1. The summed E-state index contributed by atoms with van der Waals surface area (Å²) in [5.41, 5.74) is 6.60. The Labute approximate surface area is 116 Å². The van der Waals surface area contributed by atoms with Crippen molar-refractivity contribution in [3.8, 4) is 0 Å². The minimum Gasteiger partial charge on any atom is -0.399 e. The summed E-state index contributed by atoms with van der Waals surface area (Å²) in [7, 11) is -3.53. The number of rotatable bonds is 4. The van der Waals surface area contributed by atoms with Gasteiger partial charge in [-0.15, -0.1) is 0 Å². The van der Waals surface area contributed by atoms with E-state index in [9.17, 15) is 8.42 Å². The molecule has 0 atom stereocenters. The summed E-state index contributed by atoms with van der Waals surface area (Å²) in [6.07, 6.45) is 3.25. The Morgan fingerprint density at radius 3 is 2.79 bits per heavy atom. The maximum Gasteiger partial charge on any atom is 0.184 e. The van der Waals surface area contributed by atoms with Crippen LogP contribution < -0.4 is 5.73 Å². The number of nitrogens with two attached hydrogens (primary N) is 1. The second kappa shape index (κ2) is 5.22. The molecule has 7 heteroatoms. The van der Waals surface area contributed by atoms with Gasteiger partial charge in [-0.2, -0.15) is 5.10 Å². The zero-order valence-electron chi connectivity index (χ0n) is 10.4. The second-order valence-corrected chi connectivity index (χ2v) is 6.52. The fourth-order valence-electron chi connectivity index (χ4n) is 1.71. The zero-order chi connectivity index (χ0) is 14.0. The van der Waals surface area contributed by atoms with Gasteiger partial charge in [0.25, 0.3) is 0 Å². The highest BCUT2D eigenvalue weighted by Gasteiger charge is 2.20. The standard InChI is InChI=1S/C12H14ClN3O2S/c1-2-16-7-9(6-15-16)8-19(17,18)12-5-10(14)3-4-11(12)13/h3-7H,2,8,14H2,1H3. The average molecular weight is 300 g/mol. The van der Waals surface area contributed by atoms with Crippen molar-refractivity contribution in [3.05, 3.63) is 41.2 Å². The van der Waals surface area contributed by atoms with Crippen LogP contribution in [0.2, 0.25) is 5.02 Å². The molecule has 5 nitrogen and oxygen atoms in total. The van der Waals surface area contributed by atoms with E-state index in [1.807, 2.05) is 6.92 Å². The number of halogens is 1. The minimum atomic E-state index is -3.53. The summed E-state index contributed by atoms with van der Waals surface area (Å²) >= 11 is 5.92. The highest BCUT2D eigenvalue weighted by molar-refractivity contribution is 7.90. The fraction of sp³-hybridized carbons (Fsp3) is 0.250. The minimum absolute atomic E-state index is 0.0541. The Morgan fingerprint density at radius 1 is 1.42 bits per heavy atom. The molecule has 0 fully saturated rings. The van der Waals surface area contributed by atoms with E-state index in [0.717, 1.165) is 0 Å². The fourth-order valence-corrected chi connectivity index (χ4v) is 3.60. The first kappa shape index (κ1) is 13.9. The molecule has 0 aliphatic heterocycles. The Kier molecular flexibility index (Phi) is 3.82. The average Bonchev–Trinajstić information content (AvgIpc) is 2.79. The van der Waals surface area contributed by atoms with Crippen LogP contribution in [0.1, 0.15) is 12.5 Å². The highest BCUT2D eigenvalue weighted by Crippen LogP contribution is 2.26. The van der Waals surface area contributed by atoms with E-state index in [1.54, 1.807) is 23.1 Å². The van der Waals surface area contributed by atoms with Gasteiger partial charge in [-0.1, -0.05) is 11.6 Å². The molecule has 0 bridgehead atoms. The summed E-state index contributed by atoms with van der Waals surface area (Å²) in [4.78, 5) is 0.0541. The predicted molar refractivity (Wildman–Crippen MR) is 74.7 cm³/mol. The maximum atomic E-state index is 12.3. The summed E-state index contributed by atoms with van der Waals surface area (Å²) in [6, 6.07) is 4.43. The molecule has 0 unspecified atom stereocenters. The van der Waals surface area contributed by atoms with Crippen molar-refractivity contribution in [2.24, 2.45) is 0 Å². The molecule has 0 saturated heterocycles. The van der Waals surface area contributed by atoms with Crippen LogP contribution in [0, 0.1) is 0 Å². The third-order valence-corrected chi connectivity index (χ3v) is 4.82. The first-order chi connectivity index (χ1) is 8.92. The van der Waals surface area contributed by atoms with Gasteiger partial charge in [-0.25, -0.2) is 8.42 Å². The van der Waals surface area contributed by atoms with Crippen LogP contribution in [0.3, 0.4) is 0 Å². The normalized spacial score (nSPS) is 11.7. The van der Waals surface area contributed by atoms with E-state index >= 15 is 0 Å². The van der Waals surface area contributed by atoms with E-state index in [0.29, 0.717) is 17.8 Å². The molecule has 0 aliphatic rings. The maximum absolute atomic E-state index is 12.3. The molecule has 1 aromatic heterocycles. The second-order valence-electron chi connectivity index (χ2n) is 4.15. The van der Waals surface area contributed by atoms with Gasteiger partial charge in [0.1, 0.15) is 0 Å². The van der Waals surface area contributed by atoms with Gasteiger partial charge in [0, 0.05) is 24.0 Å². The lowest BCUT2D eigenvalue weighted by atomic mass is 10.3. The molecule has 0 spiro atoms. The Bertz CT molecular complexity index is 695. The van der Waals surface area contributed by atoms with E-state index in [1.165, 1.54) is 12.1 Å². The third-order valence-electron chi connectivity index (χ3n) is 2.66. The van der Waals surface area contributed by atoms with Gasteiger partial charge in [-0.3, -0.25) is 4.68 Å². The summed E-state index contributed by atoms with van der Waals surface area (Å²) in [5.74, 6) is -0.143. The van der Waals surface area contributed by atoms with Gasteiger partial charge in [0.2, 0.25) is 0 Å². The molecule has 102 valence electrons. The lowest BCUT2D eigenvalue weighted by molar-refractivity contribution is 0.595. The van der Waals surface area contributed by atoms with E-state index < -0.39 is 9.84 Å². The van der Waals surface area contributed by atoms with E-state index in [-0.39, 0.29) is 15.7 Å². The topological polar surface area (TPSA) is 78.0 Å². The number of hydrogen-bond acceptors (Lipinski definition) is 4. The molecule has 0 aliphatic carbocycles. The van der Waals surface area contributed by atoms with E-state index in [4.69, 9.17) is 17.3 Å². The van der Waals surface area contributed by atoms with Gasteiger partial charge < -0.3 is 5.73 Å². The Morgan fingerprint density at radius 2 is 2.16 bits per heavy atom. The van der Waals surface area contributed by atoms with Crippen LogP contribution in [-0.4, -0.2) is 18.2 Å². The summed E-state index contributed by atoms with van der Waals surface area (Å²) < 4.78 is 26.3. The molecule has 19 heavy (non-hydrogen) atoms. The van der Waals surface area contributed by atoms with Crippen LogP contribution in [0.4, 0.5) is 5.69 Å². The number of nitrogen functional groups attached to an aromatic ring is 1. The largest absolute Gasteiger partial charge is 0.399 e. The first-order valence-corrected chi connectivity index (χ1v) is 7.74. The summed E-state index contributed by atoms with van der Waals surface area (Å²) in [6.45, 7) is 2.62. The molecule has 0 radical (unpaired) electrons. The van der Waals surface area contributed by atoms with Gasteiger partial charge >= 0.3 is 0 Å². The number of aromatic nitrogens is 2. The molecule has 2 rings (SSSR count). The van der Waals surface area contributed by atoms with Crippen LogP contribution >= 0.6 is 11.6 Å². The van der Waals surface area contributed by atoms with Crippen molar-refractivity contribution in [1.82, 2.24) is 9.78 Å². The number of aryl methyl sites for hydroxylation is 1. The Balaban J connectivity index is 2.34. The quantitative estimate of drug-likeness (QED) is 0.877. The highest BCUT2D eigenvalue weighted by atomic mass is 35.5. The molecule has 1 aromatic carbocycles. The van der Waals surface area contributed by atoms with E-state index in [2.05, 4.69) is 5.10 Å². The number of hydrogen-bond donors (Lipinski definition) is 1. The Hall–Kier alpha value is -1.53. The lowest BCUT2D eigenvalue weighted by Gasteiger charge is -2.06. The van der Waals surface area contributed by atoms with Crippen LogP contribution in [0.5, 0.6) is 0 Å². The van der Waals surface area contributed by atoms with Crippen molar-refractivity contribution in [3.63, 3.8) is 0 Å². The molecule has 0 saturated carbocycles. The smallest absolute Gasteiger partial charge is 0.184 e. The molecular formula is C12H14ClN3O2S. The van der Waals surface area contributed by atoms with Crippen molar-refractivity contribution in [2.75, 3.05) is 5.73 Å². The van der Waals surface area contributed by atoms with Gasteiger partial charge in [0.05, 0.1) is 21.9 Å². The lowest BCUT2D eigenvalue weighted by Crippen LogP contribution is -2.06. The van der Waals surface area contributed by atoms with Crippen LogP contribution in [0.15, 0.2) is 35.5 Å². The number of nitrogens with zero attached hydrogens (tertiary/aromatic N) is 2. The molecule has 1 heterocycles. The molecule has 0 amide bonds. The van der Waals surface area contributed by atoms with Crippen molar-refractivity contribution >= 4 is 27.1 Å². The van der Waals surface area contributed by atoms with Gasteiger partial charge in [0.15, 0.2) is 9.84 Å². The van der Waals surface area contributed by atoms with Crippen LogP contribution in [0.25, 0.3) is 0 Å². The third kappa shape index (κ3) is 3.08. The SMILES string of the molecule is CCn1cc(CS(=O)(=O)c2cc(N)ccc2Cl)cn1. The zero-order valence-corrected chi connectivity index (χ0v) is 11.9. The summed E-state index contributed by atoms with van der Waals surface area (Å²) in [5, 5.41) is 4.22. The molecular weight excluding hydrogens is 286 g/mol. The van der Waals surface area contributed by atoms with Crippen molar-refractivity contribution < 1.29 is 8.42 Å². The molecule has 2 aromatic rings. The van der Waals surface area contributed by atoms with Crippen molar-refractivity contribution in [2.45, 2.75) is 24.1 Å². The predicted octanol–water partition coefficient (Wildman–Crippen LogP) is 2.11. The van der Waals surface area contributed by atoms with Crippen molar-refractivity contribution in [1.29, 1.82) is 0 Å². The monoisotopic (exact) mass is 299 g/mol. The number of sulfone groups is 1. The number of anilines is 1. The van der Waals surface area contributed by atoms with Gasteiger partial charge in [-0.05, 0) is 25.1 Å². The van der Waals surface area contributed by atoms with Crippen LogP contribution in [-0.2, 0) is 22.1 Å².